The number of rotatable bonds is 4. The molecular formula is C22H27F3N4O2. The van der Waals surface area contributed by atoms with Crippen LogP contribution < -0.4 is 5.32 Å². The van der Waals surface area contributed by atoms with E-state index in [4.69, 9.17) is 4.74 Å². The highest BCUT2D eigenvalue weighted by molar-refractivity contribution is 5.68. The molecule has 1 fully saturated rings. The summed E-state index contributed by atoms with van der Waals surface area (Å²) in [6, 6.07) is 10.3. The quantitative estimate of drug-likeness (QED) is 0.712. The van der Waals surface area contributed by atoms with Gasteiger partial charge in [0.2, 0.25) is 0 Å². The Bertz CT molecular complexity index is 890. The van der Waals surface area contributed by atoms with Crippen LogP contribution in [0.3, 0.4) is 0 Å². The predicted molar refractivity (Wildman–Crippen MR) is 111 cm³/mol. The van der Waals surface area contributed by atoms with Crippen LogP contribution in [0.25, 0.3) is 0 Å². The fraction of sp³-hybridized carbons (Fsp3) is 0.500. The molecule has 2 heterocycles. The number of carbonyl (C=O) groups excluding carboxylic acids is 1. The number of ether oxygens (including phenoxy) is 1. The topological polar surface area (TPSA) is 67.3 Å². The third-order valence-corrected chi connectivity index (χ3v) is 4.98. The summed E-state index contributed by atoms with van der Waals surface area (Å²) in [6.45, 7) is 6.29. The van der Waals surface area contributed by atoms with Gasteiger partial charge in [0.15, 0.2) is 0 Å². The van der Waals surface area contributed by atoms with Gasteiger partial charge in [-0.05, 0) is 45.2 Å². The molecule has 1 aromatic heterocycles. The smallest absolute Gasteiger partial charge is 0.418 e. The average molecular weight is 436 g/mol. The second kappa shape index (κ2) is 9.11. The summed E-state index contributed by atoms with van der Waals surface area (Å²) in [5.74, 6) is -0.350. The Kier molecular flexibility index (Phi) is 6.71. The van der Waals surface area contributed by atoms with Crippen LogP contribution in [0, 0.1) is 0 Å². The van der Waals surface area contributed by atoms with E-state index < -0.39 is 29.4 Å². The Morgan fingerprint density at radius 3 is 2.35 bits per heavy atom. The maximum Gasteiger partial charge on any atom is 0.418 e. The highest BCUT2D eigenvalue weighted by Crippen LogP contribution is 2.38. The first-order valence-electron chi connectivity index (χ1n) is 10.2. The van der Waals surface area contributed by atoms with Crippen molar-refractivity contribution in [2.24, 2.45) is 0 Å². The second-order valence-corrected chi connectivity index (χ2v) is 8.61. The number of anilines is 1. The summed E-state index contributed by atoms with van der Waals surface area (Å²) < 4.78 is 46.6. The number of aromatic nitrogens is 2. The number of halogens is 3. The van der Waals surface area contributed by atoms with Gasteiger partial charge in [-0.2, -0.15) is 18.3 Å². The minimum Gasteiger partial charge on any atom is -0.444 e. The van der Waals surface area contributed by atoms with Gasteiger partial charge < -0.3 is 15.0 Å². The van der Waals surface area contributed by atoms with Crippen LogP contribution in [0.15, 0.2) is 36.4 Å². The lowest BCUT2D eigenvalue weighted by atomic mass is 9.90. The number of amides is 1. The monoisotopic (exact) mass is 436 g/mol. The summed E-state index contributed by atoms with van der Waals surface area (Å²) in [6.07, 6.45) is -4.26. The van der Waals surface area contributed by atoms with Crippen molar-refractivity contribution in [2.75, 3.05) is 18.4 Å². The van der Waals surface area contributed by atoms with Crippen LogP contribution in [0.4, 0.5) is 23.8 Å². The van der Waals surface area contributed by atoms with Crippen LogP contribution in [0.5, 0.6) is 0 Å². The lowest BCUT2D eigenvalue weighted by molar-refractivity contribution is -0.138. The summed E-state index contributed by atoms with van der Waals surface area (Å²) >= 11 is 0. The van der Waals surface area contributed by atoms with Crippen molar-refractivity contribution in [2.45, 2.75) is 57.9 Å². The van der Waals surface area contributed by atoms with Crippen molar-refractivity contribution in [3.63, 3.8) is 0 Å². The molecule has 0 radical (unpaired) electrons. The van der Waals surface area contributed by atoms with Crippen molar-refractivity contribution in [3.8, 4) is 0 Å². The van der Waals surface area contributed by atoms with E-state index >= 15 is 0 Å². The summed E-state index contributed by atoms with van der Waals surface area (Å²) in [4.78, 5) is 13.7. The highest BCUT2D eigenvalue weighted by Gasteiger charge is 2.38. The number of hydrogen-bond acceptors (Lipinski definition) is 5. The Balaban J connectivity index is 1.70. The molecule has 1 aliphatic rings. The number of carbonyl (C=O) groups is 1. The van der Waals surface area contributed by atoms with Crippen molar-refractivity contribution >= 4 is 11.9 Å². The SMILES string of the molecule is CC(C)(C)OC(=O)N1CCC(c2nnc(NCc3ccccc3)cc2C(F)(F)F)CC1. The Morgan fingerprint density at radius 2 is 1.77 bits per heavy atom. The van der Waals surface area contributed by atoms with Crippen LogP contribution in [0.1, 0.15) is 56.4 Å². The molecule has 3 rings (SSSR count). The van der Waals surface area contributed by atoms with E-state index in [9.17, 15) is 18.0 Å². The molecule has 9 heteroatoms. The Hall–Kier alpha value is -2.84. The van der Waals surface area contributed by atoms with Crippen LogP contribution >= 0.6 is 0 Å². The van der Waals surface area contributed by atoms with Gasteiger partial charge in [0.05, 0.1) is 11.3 Å². The first-order valence-corrected chi connectivity index (χ1v) is 10.2. The molecule has 0 aliphatic carbocycles. The van der Waals surface area contributed by atoms with Crippen molar-refractivity contribution in [3.05, 3.63) is 53.2 Å². The van der Waals surface area contributed by atoms with Gasteiger partial charge in [-0.3, -0.25) is 0 Å². The number of hydrogen-bond donors (Lipinski definition) is 1. The van der Waals surface area contributed by atoms with Crippen molar-refractivity contribution in [1.29, 1.82) is 0 Å². The normalized spacial score (nSPS) is 15.6. The minimum absolute atomic E-state index is 0.0680. The van der Waals surface area contributed by atoms with E-state index in [0.717, 1.165) is 11.6 Å². The summed E-state index contributed by atoms with van der Waals surface area (Å²) in [7, 11) is 0. The Morgan fingerprint density at radius 1 is 1.13 bits per heavy atom. The second-order valence-electron chi connectivity index (χ2n) is 8.61. The third-order valence-electron chi connectivity index (χ3n) is 4.98. The van der Waals surface area contributed by atoms with E-state index in [1.54, 1.807) is 20.8 Å². The van der Waals surface area contributed by atoms with E-state index in [1.165, 1.54) is 4.90 Å². The zero-order valence-corrected chi connectivity index (χ0v) is 17.9. The largest absolute Gasteiger partial charge is 0.444 e. The molecule has 31 heavy (non-hydrogen) atoms. The molecule has 0 bridgehead atoms. The highest BCUT2D eigenvalue weighted by atomic mass is 19.4. The summed E-state index contributed by atoms with van der Waals surface area (Å²) in [5, 5.41) is 10.8. The fourth-order valence-electron chi connectivity index (χ4n) is 3.47. The molecule has 1 N–H and O–H groups in total. The molecule has 6 nitrogen and oxygen atoms in total. The maximum atomic E-state index is 13.8. The number of piperidine rings is 1. The zero-order valence-electron chi connectivity index (χ0n) is 17.9. The van der Waals surface area contributed by atoms with E-state index in [-0.39, 0.29) is 11.5 Å². The molecule has 1 amide bonds. The van der Waals surface area contributed by atoms with Crippen LogP contribution in [0.2, 0.25) is 0 Å². The molecule has 1 aliphatic heterocycles. The number of benzene rings is 1. The van der Waals surface area contributed by atoms with E-state index in [2.05, 4.69) is 15.5 Å². The van der Waals surface area contributed by atoms with Crippen LogP contribution in [-0.4, -0.2) is 39.9 Å². The lowest BCUT2D eigenvalue weighted by Crippen LogP contribution is -2.41. The molecule has 1 saturated heterocycles. The van der Waals surface area contributed by atoms with Gasteiger partial charge in [-0.1, -0.05) is 30.3 Å². The first-order chi connectivity index (χ1) is 14.5. The standard InChI is InChI=1S/C22H27F3N4O2/c1-21(2,3)31-20(30)29-11-9-16(10-12-29)19-17(22(23,24)25)13-18(27-28-19)26-14-15-7-5-4-6-8-15/h4-8,13,16H,9-12,14H2,1-3H3,(H,26,27). The number of alkyl halides is 3. The zero-order chi connectivity index (χ0) is 22.6. The molecule has 0 atom stereocenters. The van der Waals surface area contributed by atoms with Crippen molar-refractivity contribution < 1.29 is 22.7 Å². The van der Waals surface area contributed by atoms with Gasteiger partial charge in [0.25, 0.3) is 0 Å². The average Bonchev–Trinajstić information content (AvgIpc) is 2.71. The maximum absolute atomic E-state index is 13.8. The molecule has 0 saturated carbocycles. The number of nitrogens with one attached hydrogen (secondary N) is 1. The van der Waals surface area contributed by atoms with Gasteiger partial charge in [-0.15, -0.1) is 5.10 Å². The summed E-state index contributed by atoms with van der Waals surface area (Å²) in [5.41, 5.74) is -0.544. The number of nitrogens with zero attached hydrogens (tertiary/aromatic N) is 3. The fourth-order valence-corrected chi connectivity index (χ4v) is 3.47. The molecule has 0 spiro atoms. The van der Waals surface area contributed by atoms with Gasteiger partial charge in [0.1, 0.15) is 11.4 Å². The number of likely N-dealkylation sites (tertiary alicyclic amines) is 1. The Labute approximate surface area is 179 Å². The first kappa shape index (κ1) is 22.8. The minimum atomic E-state index is -4.54. The van der Waals surface area contributed by atoms with E-state index in [0.29, 0.717) is 32.5 Å². The molecule has 1 aromatic carbocycles. The lowest BCUT2D eigenvalue weighted by Gasteiger charge is -2.33. The molecule has 2 aromatic rings. The van der Waals surface area contributed by atoms with Gasteiger partial charge in [-0.25, -0.2) is 4.79 Å². The molecule has 0 unspecified atom stereocenters. The van der Waals surface area contributed by atoms with E-state index in [1.807, 2.05) is 30.3 Å². The van der Waals surface area contributed by atoms with Gasteiger partial charge >= 0.3 is 12.3 Å². The van der Waals surface area contributed by atoms with Gasteiger partial charge in [0, 0.05) is 25.6 Å². The molecule has 168 valence electrons. The molecular weight excluding hydrogens is 409 g/mol. The van der Waals surface area contributed by atoms with Crippen LogP contribution in [-0.2, 0) is 17.5 Å². The predicted octanol–water partition coefficient (Wildman–Crippen LogP) is 5.22. The van der Waals surface area contributed by atoms with Crippen molar-refractivity contribution in [1.82, 2.24) is 15.1 Å². The third kappa shape index (κ3) is 6.32.